The monoisotopic (exact) mass is 170 g/mol. The third-order valence-electron chi connectivity index (χ3n) is 1.19. The number of rotatable bonds is 2. The van der Waals surface area contributed by atoms with Gasteiger partial charge in [0, 0.05) is 0 Å². The number of urea groups is 1. The van der Waals surface area contributed by atoms with Gasteiger partial charge in [-0.05, 0) is 6.42 Å². The molecule has 3 amide bonds. The summed E-state index contributed by atoms with van der Waals surface area (Å²) in [6.07, 6.45) is 0.392. The smallest absolute Gasteiger partial charge is 0.330 e. The lowest BCUT2D eigenvalue weighted by atomic mass is 10.1. The van der Waals surface area contributed by atoms with E-state index in [9.17, 15) is 9.59 Å². The molecule has 0 aliphatic rings. The molecule has 0 aliphatic carbocycles. The van der Waals surface area contributed by atoms with Crippen LogP contribution in [0.1, 0.15) is 13.3 Å². The average molecular weight is 170 g/mol. The first-order chi connectivity index (χ1) is 5.61. The first-order valence-corrected chi connectivity index (χ1v) is 3.36. The fraction of sp³-hybridized carbons (Fsp3) is 0.500. The van der Waals surface area contributed by atoms with Gasteiger partial charge in [-0.25, -0.2) is 10.2 Å². The fourth-order valence-corrected chi connectivity index (χ4v) is 0.546. The molecule has 0 aromatic rings. The number of carbonyl (C=O) groups excluding carboxylic acids is 2. The molecular weight excluding hydrogens is 160 g/mol. The van der Waals surface area contributed by atoms with E-state index in [-0.39, 0.29) is 0 Å². The van der Waals surface area contributed by atoms with Crippen LogP contribution in [-0.4, -0.2) is 11.9 Å². The summed E-state index contributed by atoms with van der Waals surface area (Å²) in [6, 6.07) is 0.906. The van der Waals surface area contributed by atoms with Gasteiger partial charge in [0.15, 0.2) is 0 Å². The van der Waals surface area contributed by atoms with Gasteiger partial charge in [-0.1, -0.05) is 6.92 Å². The van der Waals surface area contributed by atoms with Crippen LogP contribution < -0.4 is 16.6 Å². The number of nitrogens with zero attached hydrogens (tertiary/aromatic N) is 1. The predicted octanol–water partition coefficient (Wildman–Crippen LogP) is -0.764. The van der Waals surface area contributed by atoms with E-state index >= 15 is 0 Å². The number of hydrazine groups is 1. The number of amides is 3. The van der Waals surface area contributed by atoms with E-state index in [1.54, 1.807) is 13.0 Å². The van der Waals surface area contributed by atoms with Gasteiger partial charge < -0.3 is 5.73 Å². The van der Waals surface area contributed by atoms with Crippen LogP contribution in [0.2, 0.25) is 0 Å². The molecule has 6 nitrogen and oxygen atoms in total. The second kappa shape index (κ2) is 4.96. The zero-order chi connectivity index (χ0) is 9.56. The second-order valence-corrected chi connectivity index (χ2v) is 2.07. The topological polar surface area (TPSA) is 108 Å². The lowest BCUT2D eigenvalue weighted by Crippen LogP contribution is -2.46. The second-order valence-electron chi connectivity index (χ2n) is 2.07. The largest absolute Gasteiger partial charge is 0.350 e. The van der Waals surface area contributed by atoms with E-state index in [4.69, 9.17) is 5.26 Å². The molecule has 0 spiro atoms. The SMILES string of the molecule is CCC(C#N)C(=O)NNC(N)=O. The van der Waals surface area contributed by atoms with Crippen molar-refractivity contribution < 1.29 is 9.59 Å². The van der Waals surface area contributed by atoms with Crippen molar-refractivity contribution in [3.8, 4) is 6.07 Å². The number of nitrogens with one attached hydrogen (secondary N) is 2. The molecule has 0 bridgehead atoms. The molecule has 0 heterocycles. The molecule has 6 heteroatoms. The Balaban J connectivity index is 3.87. The Morgan fingerprint density at radius 2 is 2.17 bits per heavy atom. The van der Waals surface area contributed by atoms with E-state index < -0.39 is 17.9 Å². The van der Waals surface area contributed by atoms with Crippen LogP contribution in [0.5, 0.6) is 0 Å². The van der Waals surface area contributed by atoms with Crippen molar-refractivity contribution in [1.29, 1.82) is 5.26 Å². The van der Waals surface area contributed by atoms with Crippen molar-refractivity contribution in [2.45, 2.75) is 13.3 Å². The van der Waals surface area contributed by atoms with Crippen molar-refractivity contribution in [2.24, 2.45) is 11.7 Å². The van der Waals surface area contributed by atoms with Crippen molar-refractivity contribution in [2.75, 3.05) is 0 Å². The molecule has 0 aliphatic heterocycles. The summed E-state index contributed by atoms with van der Waals surface area (Å²) in [6.45, 7) is 1.69. The summed E-state index contributed by atoms with van der Waals surface area (Å²) in [5.41, 5.74) is 8.56. The van der Waals surface area contributed by atoms with Gasteiger partial charge in [0.1, 0.15) is 5.92 Å². The Morgan fingerprint density at radius 3 is 2.50 bits per heavy atom. The Bertz CT molecular complexity index is 220. The number of nitrogens with two attached hydrogens (primary N) is 1. The highest BCUT2D eigenvalue weighted by Gasteiger charge is 2.14. The van der Waals surface area contributed by atoms with Crippen molar-refractivity contribution >= 4 is 11.9 Å². The molecule has 0 radical (unpaired) electrons. The predicted molar refractivity (Wildman–Crippen MR) is 40.3 cm³/mol. The lowest BCUT2D eigenvalue weighted by Gasteiger charge is -2.06. The first-order valence-electron chi connectivity index (χ1n) is 3.36. The first kappa shape index (κ1) is 10.2. The van der Waals surface area contributed by atoms with Gasteiger partial charge in [0.2, 0.25) is 0 Å². The Kier molecular flexibility index (Phi) is 4.23. The fourth-order valence-electron chi connectivity index (χ4n) is 0.546. The van der Waals surface area contributed by atoms with Crippen LogP contribution in [0, 0.1) is 17.2 Å². The molecule has 0 saturated carbocycles. The molecule has 0 aromatic heterocycles. The Labute approximate surface area is 69.7 Å². The Morgan fingerprint density at radius 1 is 1.58 bits per heavy atom. The van der Waals surface area contributed by atoms with E-state index in [0.29, 0.717) is 6.42 Å². The van der Waals surface area contributed by atoms with E-state index in [2.05, 4.69) is 5.73 Å². The quantitative estimate of drug-likeness (QED) is 0.474. The maximum absolute atomic E-state index is 10.9. The number of primary amides is 1. The molecule has 66 valence electrons. The number of carbonyl (C=O) groups is 2. The summed E-state index contributed by atoms with van der Waals surface area (Å²) < 4.78 is 0. The van der Waals surface area contributed by atoms with Gasteiger partial charge in [0.05, 0.1) is 6.07 Å². The van der Waals surface area contributed by atoms with Crippen molar-refractivity contribution in [3.05, 3.63) is 0 Å². The molecule has 0 aromatic carbocycles. The average Bonchev–Trinajstić information content (AvgIpc) is 2.03. The minimum absolute atomic E-state index is 0.392. The normalized spacial score (nSPS) is 11.0. The minimum atomic E-state index is -0.865. The van der Waals surface area contributed by atoms with Crippen LogP contribution in [0.3, 0.4) is 0 Å². The standard InChI is InChI=1S/C6H10N4O2/c1-2-4(3-7)5(11)9-10-6(8)12/h4H,2H2,1H3,(H,9,11)(H3,8,10,12). The van der Waals surface area contributed by atoms with Gasteiger partial charge in [-0.3, -0.25) is 10.2 Å². The van der Waals surface area contributed by atoms with Gasteiger partial charge in [0.25, 0.3) is 5.91 Å². The molecule has 4 N–H and O–H groups in total. The molecule has 0 saturated heterocycles. The molecule has 12 heavy (non-hydrogen) atoms. The van der Waals surface area contributed by atoms with Gasteiger partial charge in [-0.15, -0.1) is 0 Å². The van der Waals surface area contributed by atoms with Crippen molar-refractivity contribution in [3.63, 3.8) is 0 Å². The lowest BCUT2D eigenvalue weighted by molar-refractivity contribution is -0.124. The van der Waals surface area contributed by atoms with Crippen LogP contribution in [-0.2, 0) is 4.79 Å². The molecule has 1 atom stereocenters. The van der Waals surface area contributed by atoms with Crippen LogP contribution in [0.25, 0.3) is 0 Å². The molecule has 0 rings (SSSR count). The third kappa shape index (κ3) is 3.41. The zero-order valence-corrected chi connectivity index (χ0v) is 6.63. The third-order valence-corrected chi connectivity index (χ3v) is 1.19. The van der Waals surface area contributed by atoms with Gasteiger partial charge in [-0.2, -0.15) is 5.26 Å². The van der Waals surface area contributed by atoms with Gasteiger partial charge >= 0.3 is 6.03 Å². The summed E-state index contributed by atoms with van der Waals surface area (Å²) in [5.74, 6) is -1.31. The highest BCUT2D eigenvalue weighted by molar-refractivity contribution is 5.83. The van der Waals surface area contributed by atoms with Crippen LogP contribution in [0.4, 0.5) is 4.79 Å². The maximum atomic E-state index is 10.9. The highest BCUT2D eigenvalue weighted by atomic mass is 16.2. The number of hydrogen-bond donors (Lipinski definition) is 3. The van der Waals surface area contributed by atoms with Crippen LogP contribution in [0.15, 0.2) is 0 Å². The minimum Gasteiger partial charge on any atom is -0.350 e. The van der Waals surface area contributed by atoms with E-state index in [1.807, 2.05) is 10.9 Å². The summed E-state index contributed by atoms with van der Waals surface area (Å²) in [5, 5.41) is 8.41. The Hall–Kier alpha value is -1.77. The highest BCUT2D eigenvalue weighted by Crippen LogP contribution is 1.98. The number of hydrogen-bond acceptors (Lipinski definition) is 3. The summed E-state index contributed by atoms with van der Waals surface area (Å²) in [4.78, 5) is 21.0. The van der Waals surface area contributed by atoms with Crippen molar-refractivity contribution in [1.82, 2.24) is 10.9 Å². The van der Waals surface area contributed by atoms with E-state index in [1.165, 1.54) is 0 Å². The van der Waals surface area contributed by atoms with Crippen LogP contribution >= 0.6 is 0 Å². The maximum Gasteiger partial charge on any atom is 0.330 e. The zero-order valence-electron chi connectivity index (χ0n) is 6.63. The number of nitriles is 1. The molecular formula is C6H10N4O2. The molecule has 1 unspecified atom stereocenters. The summed E-state index contributed by atoms with van der Waals surface area (Å²) in [7, 11) is 0. The summed E-state index contributed by atoms with van der Waals surface area (Å²) >= 11 is 0. The van der Waals surface area contributed by atoms with E-state index in [0.717, 1.165) is 0 Å². The molecule has 0 fully saturated rings.